The van der Waals surface area contributed by atoms with Gasteiger partial charge in [-0.25, -0.2) is 0 Å². The number of ether oxygens (including phenoxy) is 1. The van der Waals surface area contributed by atoms with E-state index in [1.54, 1.807) is 7.11 Å². The van der Waals surface area contributed by atoms with E-state index >= 15 is 0 Å². The molecule has 2 aromatic carbocycles. The topological polar surface area (TPSA) is 24.5 Å². The molecule has 0 saturated carbocycles. The maximum atomic E-state index is 5.19. The molecule has 0 radical (unpaired) electrons. The fourth-order valence-corrected chi connectivity index (χ4v) is 2.64. The summed E-state index contributed by atoms with van der Waals surface area (Å²) < 4.78 is 5.19. The predicted octanol–water partition coefficient (Wildman–Crippen LogP) is 3.07. The van der Waals surface area contributed by atoms with Crippen molar-refractivity contribution in [1.82, 2.24) is 10.2 Å². The third kappa shape index (κ3) is 4.27. The maximum absolute atomic E-state index is 5.19. The predicted molar refractivity (Wildman–Crippen MR) is 89.7 cm³/mol. The van der Waals surface area contributed by atoms with Crippen LogP contribution in [0.2, 0.25) is 0 Å². The number of fused-ring (bicyclic) bond motifs is 1. The molecule has 3 nitrogen and oxygen atoms in total. The molecule has 0 fully saturated rings. The summed E-state index contributed by atoms with van der Waals surface area (Å²) in [4.78, 5) is 2.42. The molecule has 0 spiro atoms. The molecule has 0 aliphatic heterocycles. The number of hydrogen-bond acceptors (Lipinski definition) is 3. The molecule has 0 aliphatic carbocycles. The largest absolute Gasteiger partial charge is 0.383 e. The van der Waals surface area contributed by atoms with Crippen molar-refractivity contribution in [2.75, 3.05) is 40.4 Å². The average molecular weight is 286 g/mol. The Hall–Kier alpha value is -1.42. The molecule has 2 aromatic rings. The fourth-order valence-electron chi connectivity index (χ4n) is 2.64. The van der Waals surface area contributed by atoms with Crippen LogP contribution in [0.4, 0.5) is 0 Å². The van der Waals surface area contributed by atoms with Crippen LogP contribution in [0.15, 0.2) is 42.5 Å². The number of rotatable bonds is 8. The van der Waals surface area contributed by atoms with Gasteiger partial charge < -0.3 is 10.1 Å². The lowest BCUT2D eigenvalue weighted by molar-refractivity contribution is 0.144. The van der Waals surface area contributed by atoms with Gasteiger partial charge in [0.25, 0.3) is 0 Å². The molecule has 0 bridgehead atoms. The van der Waals surface area contributed by atoms with Gasteiger partial charge in [0.2, 0.25) is 0 Å². The van der Waals surface area contributed by atoms with Crippen molar-refractivity contribution in [1.29, 1.82) is 0 Å². The Kier molecular flexibility index (Phi) is 6.18. The Morgan fingerprint density at radius 2 is 1.90 bits per heavy atom. The Balaban J connectivity index is 2.14. The molecule has 21 heavy (non-hydrogen) atoms. The smallest absolute Gasteiger partial charge is 0.0589 e. The third-order valence-electron chi connectivity index (χ3n) is 4.02. The lowest BCUT2D eigenvalue weighted by atomic mass is 10.0. The summed E-state index contributed by atoms with van der Waals surface area (Å²) in [6, 6.07) is 15.6. The van der Waals surface area contributed by atoms with Crippen LogP contribution in [0.5, 0.6) is 0 Å². The van der Waals surface area contributed by atoms with Gasteiger partial charge in [0.1, 0.15) is 0 Å². The van der Waals surface area contributed by atoms with Crippen LogP contribution in [0, 0.1) is 0 Å². The van der Waals surface area contributed by atoms with Crippen LogP contribution < -0.4 is 5.32 Å². The number of benzene rings is 2. The van der Waals surface area contributed by atoms with E-state index in [1.807, 2.05) is 7.05 Å². The molecule has 1 unspecified atom stereocenters. The van der Waals surface area contributed by atoms with E-state index in [-0.39, 0.29) is 0 Å². The van der Waals surface area contributed by atoms with Crippen LogP contribution in [0.3, 0.4) is 0 Å². The Bertz CT molecular complexity index is 556. The van der Waals surface area contributed by atoms with Gasteiger partial charge >= 0.3 is 0 Å². The van der Waals surface area contributed by atoms with Crippen LogP contribution in [0.1, 0.15) is 18.5 Å². The van der Waals surface area contributed by atoms with Crippen molar-refractivity contribution in [2.45, 2.75) is 13.0 Å². The molecule has 114 valence electrons. The van der Waals surface area contributed by atoms with Crippen LogP contribution >= 0.6 is 0 Å². The maximum Gasteiger partial charge on any atom is 0.0589 e. The highest BCUT2D eigenvalue weighted by atomic mass is 16.5. The van der Waals surface area contributed by atoms with Crippen molar-refractivity contribution in [3.8, 4) is 0 Å². The second kappa shape index (κ2) is 8.13. The average Bonchev–Trinajstić information content (AvgIpc) is 2.55. The molecule has 0 aromatic heterocycles. The Labute approximate surface area is 127 Å². The zero-order chi connectivity index (χ0) is 15.1. The number of hydrogen-bond donors (Lipinski definition) is 1. The summed E-state index contributed by atoms with van der Waals surface area (Å²) >= 11 is 0. The standard InChI is InChI=1S/C18H26N2O/c1-4-20(11-12-21-3)14-18(19-2)17-10-9-15-7-5-6-8-16(15)13-17/h5-10,13,18-19H,4,11-12,14H2,1-3H3. The van der Waals surface area contributed by atoms with E-state index in [9.17, 15) is 0 Å². The van der Waals surface area contributed by atoms with E-state index in [1.165, 1.54) is 16.3 Å². The number of nitrogens with zero attached hydrogens (tertiary/aromatic N) is 1. The molecule has 3 heteroatoms. The van der Waals surface area contributed by atoms with E-state index in [0.717, 1.165) is 26.2 Å². The summed E-state index contributed by atoms with van der Waals surface area (Å²) in [5.74, 6) is 0. The first-order valence-corrected chi connectivity index (χ1v) is 7.65. The third-order valence-corrected chi connectivity index (χ3v) is 4.02. The highest BCUT2D eigenvalue weighted by Crippen LogP contribution is 2.21. The van der Waals surface area contributed by atoms with Crippen molar-refractivity contribution in [3.63, 3.8) is 0 Å². The van der Waals surface area contributed by atoms with E-state index in [0.29, 0.717) is 6.04 Å². The molecule has 2 rings (SSSR count). The van der Waals surface area contributed by atoms with Gasteiger partial charge in [-0.3, -0.25) is 4.90 Å². The van der Waals surface area contributed by atoms with Crippen LogP contribution in [-0.4, -0.2) is 45.3 Å². The molecule has 1 N–H and O–H groups in total. The lowest BCUT2D eigenvalue weighted by Crippen LogP contribution is -2.35. The van der Waals surface area contributed by atoms with Gasteiger partial charge in [0.15, 0.2) is 0 Å². The summed E-state index contributed by atoms with van der Waals surface area (Å²) in [5.41, 5.74) is 1.34. The minimum Gasteiger partial charge on any atom is -0.383 e. The van der Waals surface area contributed by atoms with Gasteiger partial charge in [-0.2, -0.15) is 0 Å². The van der Waals surface area contributed by atoms with E-state index in [2.05, 4.69) is 59.6 Å². The summed E-state index contributed by atoms with van der Waals surface area (Å²) in [7, 11) is 3.79. The molecular weight excluding hydrogens is 260 g/mol. The molecular formula is C18H26N2O. The van der Waals surface area contributed by atoms with E-state index < -0.39 is 0 Å². The minimum atomic E-state index is 0.339. The van der Waals surface area contributed by atoms with Crippen molar-refractivity contribution < 1.29 is 4.74 Å². The van der Waals surface area contributed by atoms with Crippen molar-refractivity contribution in [2.24, 2.45) is 0 Å². The van der Waals surface area contributed by atoms with E-state index in [4.69, 9.17) is 4.74 Å². The fraction of sp³-hybridized carbons (Fsp3) is 0.444. The van der Waals surface area contributed by atoms with Gasteiger partial charge in [-0.15, -0.1) is 0 Å². The lowest BCUT2D eigenvalue weighted by Gasteiger charge is -2.26. The minimum absolute atomic E-state index is 0.339. The highest BCUT2D eigenvalue weighted by Gasteiger charge is 2.13. The molecule has 0 saturated heterocycles. The Morgan fingerprint density at radius 1 is 1.14 bits per heavy atom. The van der Waals surface area contributed by atoms with Gasteiger partial charge in [0, 0.05) is 26.2 Å². The second-order valence-corrected chi connectivity index (χ2v) is 5.33. The quantitative estimate of drug-likeness (QED) is 0.807. The summed E-state index contributed by atoms with van der Waals surface area (Å²) in [5, 5.41) is 6.04. The zero-order valence-corrected chi connectivity index (χ0v) is 13.3. The molecule has 0 heterocycles. The highest BCUT2D eigenvalue weighted by molar-refractivity contribution is 5.83. The zero-order valence-electron chi connectivity index (χ0n) is 13.3. The monoisotopic (exact) mass is 286 g/mol. The summed E-state index contributed by atoms with van der Waals surface area (Å²) in [6.07, 6.45) is 0. The van der Waals surface area contributed by atoms with Gasteiger partial charge in [0.05, 0.1) is 6.61 Å². The van der Waals surface area contributed by atoms with Crippen LogP contribution in [0.25, 0.3) is 10.8 Å². The Morgan fingerprint density at radius 3 is 2.57 bits per heavy atom. The van der Waals surface area contributed by atoms with Crippen molar-refractivity contribution in [3.05, 3.63) is 48.0 Å². The number of likely N-dealkylation sites (N-methyl/N-ethyl adjacent to an activating group) is 2. The normalized spacial score (nSPS) is 13.0. The first-order valence-electron chi connectivity index (χ1n) is 7.65. The molecule has 1 atom stereocenters. The molecule has 0 aliphatic rings. The number of nitrogens with one attached hydrogen (secondary N) is 1. The first-order chi connectivity index (χ1) is 10.3. The first kappa shape index (κ1) is 16.0. The molecule has 0 amide bonds. The second-order valence-electron chi connectivity index (χ2n) is 5.33. The van der Waals surface area contributed by atoms with Gasteiger partial charge in [-0.1, -0.05) is 43.3 Å². The summed E-state index contributed by atoms with van der Waals surface area (Å²) in [6.45, 7) is 5.98. The number of methoxy groups -OCH3 is 1. The van der Waals surface area contributed by atoms with Crippen molar-refractivity contribution >= 4 is 10.8 Å². The van der Waals surface area contributed by atoms with Gasteiger partial charge in [-0.05, 0) is 36.0 Å². The SMILES string of the molecule is CCN(CCOC)CC(NC)c1ccc2ccccc2c1. The van der Waals surface area contributed by atoms with Crippen LogP contribution in [-0.2, 0) is 4.74 Å².